The van der Waals surface area contributed by atoms with Gasteiger partial charge in [-0.2, -0.15) is 0 Å². The standard InChI is InChI=1S/C13H20N2O2/c1-13(2,6-7-14)15-12(17)9-10-4-3-5-11(16)8-10/h3-5,8,16H,6-7,9,14H2,1-2H3,(H,15,17). The van der Waals surface area contributed by atoms with Crippen molar-refractivity contribution in [3.63, 3.8) is 0 Å². The highest BCUT2D eigenvalue weighted by molar-refractivity contribution is 5.79. The second kappa shape index (κ2) is 5.68. The molecule has 1 aromatic carbocycles. The van der Waals surface area contributed by atoms with Crippen LogP contribution >= 0.6 is 0 Å². The maximum atomic E-state index is 11.8. The molecular weight excluding hydrogens is 216 g/mol. The molecule has 0 heterocycles. The first kappa shape index (κ1) is 13.5. The Bertz CT molecular complexity index is 389. The van der Waals surface area contributed by atoms with Crippen LogP contribution in [0, 0.1) is 0 Å². The summed E-state index contributed by atoms with van der Waals surface area (Å²) in [5.41, 5.74) is 5.99. The molecule has 17 heavy (non-hydrogen) atoms. The van der Waals surface area contributed by atoms with Crippen LogP contribution in [-0.4, -0.2) is 23.1 Å². The van der Waals surface area contributed by atoms with Crippen molar-refractivity contribution < 1.29 is 9.90 Å². The second-order valence-electron chi connectivity index (χ2n) is 4.82. The molecule has 0 spiro atoms. The van der Waals surface area contributed by atoms with Gasteiger partial charge in [0.25, 0.3) is 0 Å². The molecule has 1 rings (SSSR count). The topological polar surface area (TPSA) is 75.3 Å². The number of nitrogens with one attached hydrogen (secondary N) is 1. The van der Waals surface area contributed by atoms with Crippen LogP contribution in [0.3, 0.4) is 0 Å². The molecule has 0 bridgehead atoms. The first-order valence-corrected chi connectivity index (χ1v) is 5.72. The number of nitrogens with two attached hydrogens (primary N) is 1. The van der Waals surface area contributed by atoms with E-state index in [0.717, 1.165) is 12.0 Å². The molecule has 0 aliphatic heterocycles. The highest BCUT2D eigenvalue weighted by Crippen LogP contribution is 2.12. The largest absolute Gasteiger partial charge is 0.508 e. The summed E-state index contributed by atoms with van der Waals surface area (Å²) in [7, 11) is 0. The van der Waals surface area contributed by atoms with Crippen molar-refractivity contribution in [2.24, 2.45) is 5.73 Å². The van der Waals surface area contributed by atoms with Crippen molar-refractivity contribution in [3.05, 3.63) is 29.8 Å². The first-order chi connectivity index (χ1) is 7.93. The maximum Gasteiger partial charge on any atom is 0.224 e. The molecule has 4 nitrogen and oxygen atoms in total. The van der Waals surface area contributed by atoms with Crippen LogP contribution in [0.1, 0.15) is 25.8 Å². The van der Waals surface area contributed by atoms with Gasteiger partial charge in [0.1, 0.15) is 5.75 Å². The molecule has 0 atom stereocenters. The molecule has 1 aromatic rings. The van der Waals surface area contributed by atoms with Gasteiger partial charge in [-0.25, -0.2) is 0 Å². The van der Waals surface area contributed by atoms with E-state index in [-0.39, 0.29) is 23.6 Å². The number of rotatable bonds is 5. The van der Waals surface area contributed by atoms with Gasteiger partial charge in [0, 0.05) is 5.54 Å². The molecule has 4 N–H and O–H groups in total. The minimum atomic E-state index is -0.289. The van der Waals surface area contributed by atoms with E-state index in [9.17, 15) is 9.90 Å². The fourth-order valence-corrected chi connectivity index (χ4v) is 1.70. The Hall–Kier alpha value is -1.55. The van der Waals surface area contributed by atoms with Gasteiger partial charge in [0.15, 0.2) is 0 Å². The lowest BCUT2D eigenvalue weighted by Gasteiger charge is -2.25. The summed E-state index contributed by atoms with van der Waals surface area (Å²) in [5, 5.41) is 12.2. The molecule has 0 unspecified atom stereocenters. The Morgan fingerprint density at radius 3 is 2.76 bits per heavy atom. The third-order valence-corrected chi connectivity index (χ3v) is 2.52. The van der Waals surface area contributed by atoms with Gasteiger partial charge in [0.05, 0.1) is 6.42 Å². The van der Waals surface area contributed by atoms with Crippen molar-refractivity contribution in [2.75, 3.05) is 6.54 Å². The molecule has 0 aliphatic carbocycles. The lowest BCUT2D eigenvalue weighted by molar-refractivity contribution is -0.122. The van der Waals surface area contributed by atoms with E-state index in [0.29, 0.717) is 6.54 Å². The summed E-state index contributed by atoms with van der Waals surface area (Å²) in [6.45, 7) is 4.43. The summed E-state index contributed by atoms with van der Waals surface area (Å²) in [6.07, 6.45) is 1.00. The zero-order valence-corrected chi connectivity index (χ0v) is 10.4. The smallest absolute Gasteiger partial charge is 0.224 e. The van der Waals surface area contributed by atoms with Gasteiger partial charge in [-0.05, 0) is 44.5 Å². The lowest BCUT2D eigenvalue weighted by Crippen LogP contribution is -2.45. The van der Waals surface area contributed by atoms with Gasteiger partial charge in [-0.1, -0.05) is 12.1 Å². The highest BCUT2D eigenvalue weighted by atomic mass is 16.3. The SMILES string of the molecule is CC(C)(CCN)NC(=O)Cc1cccc(O)c1. The fourth-order valence-electron chi connectivity index (χ4n) is 1.70. The summed E-state index contributed by atoms with van der Waals surface area (Å²) < 4.78 is 0. The van der Waals surface area contributed by atoms with Crippen LogP contribution < -0.4 is 11.1 Å². The predicted octanol–water partition coefficient (Wildman–Crippen LogP) is 1.18. The number of phenols is 1. The quantitative estimate of drug-likeness (QED) is 0.718. The van der Waals surface area contributed by atoms with E-state index < -0.39 is 0 Å². The van der Waals surface area contributed by atoms with E-state index in [1.807, 2.05) is 19.9 Å². The number of carbonyl (C=O) groups is 1. The van der Waals surface area contributed by atoms with Crippen molar-refractivity contribution in [1.29, 1.82) is 0 Å². The molecule has 0 aliphatic rings. The molecule has 4 heteroatoms. The Labute approximate surface area is 102 Å². The van der Waals surface area contributed by atoms with E-state index in [1.54, 1.807) is 18.2 Å². The number of hydrogen-bond acceptors (Lipinski definition) is 3. The third-order valence-electron chi connectivity index (χ3n) is 2.52. The predicted molar refractivity (Wildman–Crippen MR) is 67.7 cm³/mol. The zero-order valence-electron chi connectivity index (χ0n) is 10.4. The number of hydrogen-bond donors (Lipinski definition) is 3. The lowest BCUT2D eigenvalue weighted by atomic mass is 10.00. The first-order valence-electron chi connectivity index (χ1n) is 5.72. The maximum absolute atomic E-state index is 11.8. The summed E-state index contributed by atoms with van der Waals surface area (Å²) >= 11 is 0. The van der Waals surface area contributed by atoms with E-state index in [2.05, 4.69) is 5.32 Å². The van der Waals surface area contributed by atoms with E-state index >= 15 is 0 Å². The third kappa shape index (κ3) is 4.87. The zero-order chi connectivity index (χ0) is 12.9. The minimum Gasteiger partial charge on any atom is -0.508 e. The molecule has 1 amide bonds. The second-order valence-corrected chi connectivity index (χ2v) is 4.82. The Balaban J connectivity index is 2.55. The van der Waals surface area contributed by atoms with Gasteiger partial charge in [-0.3, -0.25) is 4.79 Å². The minimum absolute atomic E-state index is 0.0611. The Morgan fingerprint density at radius 1 is 1.47 bits per heavy atom. The number of benzene rings is 1. The van der Waals surface area contributed by atoms with Crippen molar-refractivity contribution >= 4 is 5.91 Å². The van der Waals surface area contributed by atoms with Crippen LogP contribution in [-0.2, 0) is 11.2 Å². The molecule has 0 saturated heterocycles. The monoisotopic (exact) mass is 236 g/mol. The number of carbonyl (C=O) groups excluding carboxylic acids is 1. The Morgan fingerprint density at radius 2 is 2.18 bits per heavy atom. The average molecular weight is 236 g/mol. The van der Waals surface area contributed by atoms with Crippen LogP contribution in [0.15, 0.2) is 24.3 Å². The van der Waals surface area contributed by atoms with Crippen LogP contribution in [0.4, 0.5) is 0 Å². The van der Waals surface area contributed by atoms with Crippen LogP contribution in [0.25, 0.3) is 0 Å². The normalized spacial score (nSPS) is 11.2. The summed E-state index contributed by atoms with van der Waals surface area (Å²) in [6, 6.07) is 6.72. The average Bonchev–Trinajstić information content (AvgIpc) is 2.15. The number of phenolic OH excluding ortho intramolecular Hbond substituents is 1. The Kier molecular flexibility index (Phi) is 4.52. The molecule has 0 radical (unpaired) electrons. The molecule has 0 saturated carbocycles. The van der Waals surface area contributed by atoms with Crippen molar-refractivity contribution in [1.82, 2.24) is 5.32 Å². The van der Waals surface area contributed by atoms with Crippen molar-refractivity contribution in [2.45, 2.75) is 32.2 Å². The van der Waals surface area contributed by atoms with Gasteiger partial charge >= 0.3 is 0 Å². The molecule has 94 valence electrons. The molecular formula is C13H20N2O2. The van der Waals surface area contributed by atoms with Gasteiger partial charge in [0.2, 0.25) is 5.91 Å². The number of amides is 1. The highest BCUT2D eigenvalue weighted by Gasteiger charge is 2.19. The van der Waals surface area contributed by atoms with Crippen molar-refractivity contribution in [3.8, 4) is 5.75 Å². The summed E-state index contributed by atoms with van der Waals surface area (Å²) in [4.78, 5) is 11.8. The number of aromatic hydroxyl groups is 1. The fraction of sp³-hybridized carbons (Fsp3) is 0.462. The summed E-state index contributed by atoms with van der Waals surface area (Å²) in [5.74, 6) is 0.116. The van der Waals surface area contributed by atoms with Crippen LogP contribution in [0.5, 0.6) is 5.75 Å². The van der Waals surface area contributed by atoms with Gasteiger partial charge < -0.3 is 16.2 Å². The molecule has 0 aromatic heterocycles. The molecule has 0 fully saturated rings. The van der Waals surface area contributed by atoms with E-state index in [1.165, 1.54) is 0 Å². The van der Waals surface area contributed by atoms with E-state index in [4.69, 9.17) is 5.73 Å². The van der Waals surface area contributed by atoms with Crippen LogP contribution in [0.2, 0.25) is 0 Å². The van der Waals surface area contributed by atoms with Gasteiger partial charge in [-0.15, -0.1) is 0 Å².